The standard InChI is InChI=1S/C13H21N3/c1-16-9-15-7-12(16)6-14-8-13(10-2-3-10)11-4-5-11/h7,9-11,13-14H,2-6,8H2,1H3. The summed E-state index contributed by atoms with van der Waals surface area (Å²) in [5.74, 6) is 3.06. The Bertz CT molecular complexity index is 338. The summed E-state index contributed by atoms with van der Waals surface area (Å²) in [5, 5.41) is 3.61. The van der Waals surface area contributed by atoms with Gasteiger partial charge in [-0.25, -0.2) is 4.98 Å². The summed E-state index contributed by atoms with van der Waals surface area (Å²) in [7, 11) is 2.06. The lowest BCUT2D eigenvalue weighted by molar-refractivity contribution is 0.377. The predicted molar refractivity (Wildman–Crippen MR) is 63.9 cm³/mol. The fourth-order valence-corrected chi connectivity index (χ4v) is 2.69. The minimum Gasteiger partial charge on any atom is -0.337 e. The van der Waals surface area contributed by atoms with Crippen LogP contribution in [0.1, 0.15) is 31.4 Å². The van der Waals surface area contributed by atoms with Crippen LogP contribution in [0.2, 0.25) is 0 Å². The first-order valence-electron chi connectivity index (χ1n) is 6.50. The second-order valence-corrected chi connectivity index (χ2v) is 5.47. The molecule has 88 valence electrons. The van der Waals surface area contributed by atoms with Crippen molar-refractivity contribution in [2.45, 2.75) is 32.2 Å². The maximum Gasteiger partial charge on any atom is 0.0945 e. The van der Waals surface area contributed by atoms with Crippen LogP contribution >= 0.6 is 0 Å². The molecule has 3 nitrogen and oxygen atoms in total. The minimum atomic E-state index is 0.965. The molecule has 1 aromatic rings. The van der Waals surface area contributed by atoms with E-state index in [1.165, 1.54) is 37.9 Å². The van der Waals surface area contributed by atoms with Gasteiger partial charge in [0.05, 0.1) is 12.0 Å². The summed E-state index contributed by atoms with van der Waals surface area (Å²) < 4.78 is 2.09. The number of rotatable bonds is 6. The second kappa shape index (κ2) is 4.21. The number of hydrogen-bond acceptors (Lipinski definition) is 2. The van der Waals surface area contributed by atoms with Gasteiger partial charge in [0, 0.05) is 19.8 Å². The fourth-order valence-electron chi connectivity index (χ4n) is 2.69. The molecular formula is C13H21N3. The highest BCUT2D eigenvalue weighted by Crippen LogP contribution is 2.48. The highest BCUT2D eigenvalue weighted by molar-refractivity contribution is 4.98. The lowest BCUT2D eigenvalue weighted by atomic mass is 9.98. The maximum absolute atomic E-state index is 4.14. The first-order chi connectivity index (χ1) is 7.84. The molecule has 0 bridgehead atoms. The molecule has 0 saturated heterocycles. The number of nitrogens with one attached hydrogen (secondary N) is 1. The normalized spacial score (nSPS) is 20.6. The molecule has 3 heteroatoms. The van der Waals surface area contributed by atoms with Gasteiger partial charge >= 0.3 is 0 Å². The molecule has 3 rings (SSSR count). The van der Waals surface area contributed by atoms with Crippen LogP contribution in [0.5, 0.6) is 0 Å². The van der Waals surface area contributed by atoms with E-state index in [0.717, 1.165) is 24.3 Å². The van der Waals surface area contributed by atoms with Gasteiger partial charge in [-0.3, -0.25) is 0 Å². The van der Waals surface area contributed by atoms with E-state index in [1.54, 1.807) is 0 Å². The fraction of sp³-hybridized carbons (Fsp3) is 0.769. The topological polar surface area (TPSA) is 29.9 Å². The van der Waals surface area contributed by atoms with Gasteiger partial charge < -0.3 is 9.88 Å². The number of nitrogens with zero attached hydrogens (tertiary/aromatic N) is 2. The quantitative estimate of drug-likeness (QED) is 0.792. The third kappa shape index (κ3) is 2.29. The zero-order valence-corrected chi connectivity index (χ0v) is 10.0. The van der Waals surface area contributed by atoms with E-state index in [2.05, 4.69) is 21.9 Å². The van der Waals surface area contributed by atoms with Crippen molar-refractivity contribution in [3.8, 4) is 0 Å². The van der Waals surface area contributed by atoms with Gasteiger partial charge in [-0.2, -0.15) is 0 Å². The highest BCUT2D eigenvalue weighted by Gasteiger charge is 2.40. The Morgan fingerprint density at radius 1 is 1.38 bits per heavy atom. The van der Waals surface area contributed by atoms with Gasteiger partial charge in [0.1, 0.15) is 0 Å². The number of aromatic nitrogens is 2. The van der Waals surface area contributed by atoms with Crippen molar-refractivity contribution in [3.63, 3.8) is 0 Å². The van der Waals surface area contributed by atoms with Crippen molar-refractivity contribution >= 4 is 0 Å². The Morgan fingerprint density at radius 2 is 2.06 bits per heavy atom. The van der Waals surface area contributed by atoms with Gasteiger partial charge in [0.2, 0.25) is 0 Å². The zero-order valence-electron chi connectivity index (χ0n) is 10.0. The van der Waals surface area contributed by atoms with Crippen molar-refractivity contribution in [3.05, 3.63) is 18.2 Å². The molecule has 1 N–H and O–H groups in total. The summed E-state index contributed by atoms with van der Waals surface area (Å²) in [6.07, 6.45) is 9.75. The van der Waals surface area contributed by atoms with Crippen LogP contribution in [0.4, 0.5) is 0 Å². The van der Waals surface area contributed by atoms with Crippen molar-refractivity contribution in [1.82, 2.24) is 14.9 Å². The van der Waals surface area contributed by atoms with Crippen LogP contribution in [0.25, 0.3) is 0 Å². The third-order valence-electron chi connectivity index (χ3n) is 4.06. The van der Waals surface area contributed by atoms with E-state index >= 15 is 0 Å². The maximum atomic E-state index is 4.14. The van der Waals surface area contributed by atoms with Crippen LogP contribution in [-0.4, -0.2) is 16.1 Å². The molecule has 0 aromatic carbocycles. The smallest absolute Gasteiger partial charge is 0.0945 e. The molecular weight excluding hydrogens is 198 g/mol. The number of imidazole rings is 1. The molecule has 2 aliphatic carbocycles. The Morgan fingerprint density at radius 3 is 2.56 bits per heavy atom. The number of hydrogen-bond donors (Lipinski definition) is 1. The lowest BCUT2D eigenvalue weighted by Gasteiger charge is -2.16. The van der Waals surface area contributed by atoms with E-state index in [9.17, 15) is 0 Å². The second-order valence-electron chi connectivity index (χ2n) is 5.47. The lowest BCUT2D eigenvalue weighted by Crippen LogP contribution is -2.25. The van der Waals surface area contributed by atoms with Gasteiger partial charge in [-0.1, -0.05) is 0 Å². The van der Waals surface area contributed by atoms with E-state index in [-0.39, 0.29) is 0 Å². The Hall–Kier alpha value is -0.830. The minimum absolute atomic E-state index is 0.965. The zero-order chi connectivity index (χ0) is 11.0. The van der Waals surface area contributed by atoms with Crippen LogP contribution in [-0.2, 0) is 13.6 Å². The summed E-state index contributed by atoms with van der Waals surface area (Å²) in [6.45, 7) is 2.17. The molecule has 1 aromatic heterocycles. The molecule has 2 aliphatic rings. The van der Waals surface area contributed by atoms with Crippen LogP contribution in [0, 0.1) is 17.8 Å². The SMILES string of the molecule is Cn1cncc1CNCC(C1CC1)C1CC1. The third-order valence-corrected chi connectivity index (χ3v) is 4.06. The van der Waals surface area contributed by atoms with Gasteiger partial charge in [-0.15, -0.1) is 0 Å². The van der Waals surface area contributed by atoms with Gasteiger partial charge in [-0.05, 0) is 50.0 Å². The summed E-state index contributed by atoms with van der Waals surface area (Å²) in [6, 6.07) is 0. The Labute approximate surface area is 97.3 Å². The van der Waals surface area contributed by atoms with Crippen molar-refractivity contribution in [1.29, 1.82) is 0 Å². The van der Waals surface area contributed by atoms with Crippen molar-refractivity contribution in [2.75, 3.05) is 6.54 Å². The Kier molecular flexibility index (Phi) is 2.72. The van der Waals surface area contributed by atoms with Gasteiger partial charge in [0.25, 0.3) is 0 Å². The van der Waals surface area contributed by atoms with Crippen molar-refractivity contribution < 1.29 is 0 Å². The molecule has 0 atom stereocenters. The van der Waals surface area contributed by atoms with E-state index in [4.69, 9.17) is 0 Å². The molecule has 1 heterocycles. The average Bonchev–Trinajstić information content (AvgIpc) is 3.15. The van der Waals surface area contributed by atoms with Crippen molar-refractivity contribution in [2.24, 2.45) is 24.8 Å². The average molecular weight is 219 g/mol. The van der Waals surface area contributed by atoms with Crippen LogP contribution < -0.4 is 5.32 Å². The van der Waals surface area contributed by atoms with E-state index in [0.29, 0.717) is 0 Å². The highest BCUT2D eigenvalue weighted by atomic mass is 15.0. The largest absolute Gasteiger partial charge is 0.337 e. The number of aryl methyl sites for hydroxylation is 1. The first-order valence-corrected chi connectivity index (χ1v) is 6.50. The predicted octanol–water partition coefficient (Wildman–Crippen LogP) is 1.95. The first kappa shape index (κ1) is 10.3. The monoisotopic (exact) mass is 219 g/mol. The summed E-state index contributed by atoms with van der Waals surface area (Å²) >= 11 is 0. The van der Waals surface area contributed by atoms with Crippen LogP contribution in [0.15, 0.2) is 12.5 Å². The molecule has 0 amide bonds. The molecule has 16 heavy (non-hydrogen) atoms. The Balaban J connectivity index is 1.46. The van der Waals surface area contributed by atoms with Gasteiger partial charge in [0.15, 0.2) is 0 Å². The molecule has 0 unspecified atom stereocenters. The molecule has 0 aliphatic heterocycles. The van der Waals surface area contributed by atoms with E-state index < -0.39 is 0 Å². The van der Waals surface area contributed by atoms with E-state index in [1.807, 2.05) is 12.5 Å². The summed E-state index contributed by atoms with van der Waals surface area (Å²) in [4.78, 5) is 4.14. The molecule has 0 spiro atoms. The molecule has 0 radical (unpaired) electrons. The summed E-state index contributed by atoms with van der Waals surface area (Å²) in [5.41, 5.74) is 1.28. The molecule has 2 saturated carbocycles. The van der Waals surface area contributed by atoms with Crippen LogP contribution in [0.3, 0.4) is 0 Å². The molecule has 2 fully saturated rings.